The Morgan fingerprint density at radius 3 is 2.94 bits per heavy atom. The monoisotopic (exact) mass is 252 g/mol. The molecule has 0 atom stereocenters. The van der Waals surface area contributed by atoms with Crippen LogP contribution in [0.3, 0.4) is 0 Å². The van der Waals surface area contributed by atoms with Crippen molar-refractivity contribution in [2.24, 2.45) is 7.05 Å². The van der Waals surface area contributed by atoms with Gasteiger partial charge in [0.2, 0.25) is 5.95 Å². The molecule has 0 spiro atoms. The van der Waals surface area contributed by atoms with Crippen molar-refractivity contribution < 1.29 is 4.79 Å². The van der Waals surface area contributed by atoms with Crippen molar-refractivity contribution in [3.63, 3.8) is 0 Å². The summed E-state index contributed by atoms with van der Waals surface area (Å²) in [6, 6.07) is 1.40. The van der Waals surface area contributed by atoms with E-state index in [1.165, 1.54) is 23.3 Å². The molecule has 1 amide bonds. The van der Waals surface area contributed by atoms with Gasteiger partial charge in [0.15, 0.2) is 0 Å². The summed E-state index contributed by atoms with van der Waals surface area (Å²) < 4.78 is 1.43. The largest absolute Gasteiger partial charge is 0.384 e. The Morgan fingerprint density at radius 1 is 1.53 bits per heavy atom. The Bertz CT molecular complexity index is 566. The van der Waals surface area contributed by atoms with Crippen LogP contribution < -0.4 is 11.1 Å². The van der Waals surface area contributed by atoms with Crippen molar-refractivity contribution >= 4 is 29.3 Å². The first kappa shape index (κ1) is 11.3. The zero-order valence-electron chi connectivity index (χ0n) is 8.88. The number of aryl methyl sites for hydroxylation is 1. The lowest BCUT2D eigenvalue weighted by Crippen LogP contribution is -2.16. The highest BCUT2D eigenvalue weighted by Gasteiger charge is 2.13. The lowest BCUT2D eigenvalue weighted by molar-refractivity contribution is 0.102. The fraction of sp³-hybridized carbons (Fsp3) is 0.111. The second kappa shape index (κ2) is 4.38. The summed E-state index contributed by atoms with van der Waals surface area (Å²) >= 11 is 5.85. The van der Waals surface area contributed by atoms with Crippen molar-refractivity contribution in [2.75, 3.05) is 11.1 Å². The van der Waals surface area contributed by atoms with E-state index in [4.69, 9.17) is 17.3 Å². The molecule has 2 aromatic heterocycles. The van der Waals surface area contributed by atoms with Crippen molar-refractivity contribution in [1.82, 2.24) is 19.7 Å². The number of nitrogens with zero attached hydrogens (tertiary/aromatic N) is 4. The molecule has 2 rings (SSSR count). The number of aromatic nitrogens is 4. The van der Waals surface area contributed by atoms with Gasteiger partial charge >= 0.3 is 0 Å². The molecule has 0 aliphatic heterocycles. The molecule has 0 aromatic carbocycles. The minimum Gasteiger partial charge on any atom is -0.384 e. The minimum atomic E-state index is -0.416. The molecule has 3 N–H and O–H groups in total. The Kier molecular flexibility index (Phi) is 2.92. The van der Waals surface area contributed by atoms with Crippen LogP contribution in [0.2, 0.25) is 5.02 Å². The molecule has 88 valence electrons. The normalized spacial score (nSPS) is 10.2. The number of anilines is 2. The molecule has 17 heavy (non-hydrogen) atoms. The van der Waals surface area contributed by atoms with E-state index in [1.807, 2.05) is 0 Å². The summed E-state index contributed by atoms with van der Waals surface area (Å²) in [4.78, 5) is 19.5. The number of amides is 1. The minimum absolute atomic E-state index is 0.220. The van der Waals surface area contributed by atoms with Gasteiger partial charge in [-0.15, -0.1) is 0 Å². The topological polar surface area (TPSA) is 98.7 Å². The van der Waals surface area contributed by atoms with Gasteiger partial charge in [0.25, 0.3) is 5.91 Å². The van der Waals surface area contributed by atoms with E-state index in [9.17, 15) is 4.79 Å². The number of rotatable bonds is 2. The van der Waals surface area contributed by atoms with Crippen LogP contribution in [0.15, 0.2) is 18.6 Å². The standard InChI is InChI=1S/C9H9ClN6O/c1-16-9(13-4-14-16)15-8(17)5-2-7(11)12-3-6(5)10/h2-4H,1H3,(H2,11,12)(H,13,14,15,17). The average molecular weight is 253 g/mol. The molecule has 2 aromatic rings. The number of carbonyl (C=O) groups excluding carboxylic acids is 1. The first-order valence-corrected chi connectivity index (χ1v) is 5.02. The molecule has 0 unspecified atom stereocenters. The van der Waals surface area contributed by atoms with Gasteiger partial charge in [-0.1, -0.05) is 11.6 Å². The fourth-order valence-corrected chi connectivity index (χ4v) is 1.40. The van der Waals surface area contributed by atoms with Gasteiger partial charge in [-0.25, -0.2) is 9.67 Å². The van der Waals surface area contributed by atoms with E-state index in [0.717, 1.165) is 0 Å². The van der Waals surface area contributed by atoms with Crippen LogP contribution in [0.5, 0.6) is 0 Å². The molecule has 0 saturated carbocycles. The maximum atomic E-state index is 11.9. The van der Waals surface area contributed by atoms with Gasteiger partial charge in [-0.2, -0.15) is 10.1 Å². The summed E-state index contributed by atoms with van der Waals surface area (Å²) in [6.07, 6.45) is 2.65. The number of nitrogen functional groups attached to an aromatic ring is 1. The first-order valence-electron chi connectivity index (χ1n) is 4.64. The highest BCUT2D eigenvalue weighted by Crippen LogP contribution is 2.17. The number of nitrogens with one attached hydrogen (secondary N) is 1. The van der Waals surface area contributed by atoms with E-state index < -0.39 is 5.91 Å². The van der Waals surface area contributed by atoms with E-state index >= 15 is 0 Å². The van der Waals surface area contributed by atoms with Gasteiger partial charge in [-0.3, -0.25) is 10.1 Å². The van der Waals surface area contributed by atoms with Crippen molar-refractivity contribution in [3.8, 4) is 0 Å². The molecule has 0 aliphatic carbocycles. The lowest BCUT2D eigenvalue weighted by Gasteiger charge is -2.05. The summed E-state index contributed by atoms with van der Waals surface area (Å²) in [5.41, 5.74) is 5.72. The van der Waals surface area contributed by atoms with Gasteiger partial charge in [0, 0.05) is 13.2 Å². The fourth-order valence-electron chi connectivity index (χ4n) is 1.21. The Labute approximate surface area is 102 Å². The number of hydrogen-bond acceptors (Lipinski definition) is 5. The van der Waals surface area contributed by atoms with Gasteiger partial charge in [0.1, 0.15) is 12.1 Å². The van der Waals surface area contributed by atoms with Crippen LogP contribution in [0.1, 0.15) is 10.4 Å². The smallest absolute Gasteiger partial charge is 0.259 e. The number of nitrogens with two attached hydrogens (primary N) is 1. The summed E-state index contributed by atoms with van der Waals surface area (Å²) in [5, 5.41) is 6.60. The molecular formula is C9H9ClN6O. The highest BCUT2D eigenvalue weighted by molar-refractivity contribution is 6.34. The summed E-state index contributed by atoms with van der Waals surface area (Å²) in [7, 11) is 1.66. The number of carbonyl (C=O) groups is 1. The number of halogens is 1. The maximum Gasteiger partial charge on any atom is 0.259 e. The first-order chi connectivity index (χ1) is 8.08. The maximum absolute atomic E-state index is 11.9. The van der Waals surface area contributed by atoms with Crippen molar-refractivity contribution in [1.29, 1.82) is 0 Å². The second-order valence-corrected chi connectivity index (χ2v) is 3.66. The van der Waals surface area contributed by atoms with E-state index in [1.54, 1.807) is 7.05 Å². The predicted octanol–water partition coefficient (Wildman–Crippen LogP) is 0.698. The molecule has 7 nitrogen and oxygen atoms in total. The molecule has 0 radical (unpaired) electrons. The van der Waals surface area contributed by atoms with Crippen LogP contribution in [0.4, 0.5) is 11.8 Å². The van der Waals surface area contributed by atoms with Crippen LogP contribution in [0, 0.1) is 0 Å². The Morgan fingerprint density at radius 2 is 2.29 bits per heavy atom. The van der Waals surface area contributed by atoms with Crippen LogP contribution in [-0.2, 0) is 7.05 Å². The van der Waals surface area contributed by atoms with Crippen LogP contribution >= 0.6 is 11.6 Å². The van der Waals surface area contributed by atoms with Gasteiger partial charge in [0.05, 0.1) is 10.6 Å². The third-order valence-corrected chi connectivity index (χ3v) is 2.36. The zero-order valence-corrected chi connectivity index (χ0v) is 9.64. The number of hydrogen-bond donors (Lipinski definition) is 2. The van der Waals surface area contributed by atoms with Crippen molar-refractivity contribution in [3.05, 3.63) is 29.2 Å². The van der Waals surface area contributed by atoms with E-state index in [2.05, 4.69) is 20.4 Å². The lowest BCUT2D eigenvalue weighted by atomic mass is 10.2. The summed E-state index contributed by atoms with van der Waals surface area (Å²) in [6.45, 7) is 0. The number of pyridine rings is 1. The molecule has 0 fully saturated rings. The molecular weight excluding hydrogens is 244 g/mol. The molecule has 0 bridgehead atoms. The highest BCUT2D eigenvalue weighted by atomic mass is 35.5. The van der Waals surface area contributed by atoms with Crippen LogP contribution in [0.25, 0.3) is 0 Å². The average Bonchev–Trinajstić information content (AvgIpc) is 2.68. The third-order valence-electron chi connectivity index (χ3n) is 2.06. The SMILES string of the molecule is Cn1ncnc1NC(=O)c1cc(N)ncc1Cl. The zero-order chi connectivity index (χ0) is 12.4. The molecule has 2 heterocycles. The Balaban J connectivity index is 2.26. The van der Waals surface area contributed by atoms with Gasteiger partial charge in [-0.05, 0) is 6.07 Å². The second-order valence-electron chi connectivity index (χ2n) is 3.25. The molecule has 8 heteroatoms. The molecule has 0 aliphatic rings. The van der Waals surface area contributed by atoms with E-state index in [0.29, 0.717) is 5.95 Å². The Hall–Kier alpha value is -2.15. The summed E-state index contributed by atoms with van der Waals surface area (Å²) in [5.74, 6) is 0.124. The van der Waals surface area contributed by atoms with E-state index in [-0.39, 0.29) is 16.4 Å². The predicted molar refractivity (Wildman–Crippen MR) is 62.6 cm³/mol. The van der Waals surface area contributed by atoms with Crippen molar-refractivity contribution in [2.45, 2.75) is 0 Å². The molecule has 0 saturated heterocycles. The van der Waals surface area contributed by atoms with Crippen LogP contribution in [-0.4, -0.2) is 25.7 Å². The van der Waals surface area contributed by atoms with Gasteiger partial charge < -0.3 is 5.73 Å². The third kappa shape index (κ3) is 2.34. The quantitative estimate of drug-likeness (QED) is 0.820.